The van der Waals surface area contributed by atoms with Crippen LogP contribution in [-0.4, -0.2) is 0 Å². The monoisotopic (exact) mass is 829 g/mol. The molecule has 10 aromatic rings. The van der Waals surface area contributed by atoms with E-state index >= 15 is 0 Å². The van der Waals surface area contributed by atoms with Crippen molar-refractivity contribution < 1.29 is 0 Å². The van der Waals surface area contributed by atoms with Crippen molar-refractivity contribution in [2.24, 2.45) is 0 Å². The van der Waals surface area contributed by atoms with Gasteiger partial charge in [-0.2, -0.15) is 0 Å². The number of benzene rings is 10. The molecule has 1 atom stereocenters. The Balaban J connectivity index is 0.979. The molecule has 0 N–H and O–H groups in total. The average Bonchev–Trinajstić information content (AvgIpc) is 3.68. The van der Waals surface area contributed by atoms with Gasteiger partial charge < -0.3 is 4.90 Å². The van der Waals surface area contributed by atoms with Crippen molar-refractivity contribution >= 4 is 17.1 Å². The molecule has 0 amide bonds. The minimum Gasteiger partial charge on any atom is -0.311 e. The fourth-order valence-corrected chi connectivity index (χ4v) is 11.1. The molecule has 0 fully saturated rings. The van der Waals surface area contributed by atoms with Gasteiger partial charge in [-0.25, -0.2) is 0 Å². The zero-order valence-electron chi connectivity index (χ0n) is 36.6. The Hall–Kier alpha value is -8.00. The van der Waals surface area contributed by atoms with Gasteiger partial charge in [0.15, 0.2) is 0 Å². The Bertz CT molecular complexity index is 3270. The standard InChI is InChI=1S/C64H47N/c1-63(2)57-26-14-15-27-58(57)64(56-25-13-12-23-55(56)62-54(24-16-28-60(62)64)49-21-10-5-11-22-49)59-42-35-50(43-61(59)63)48-33-40-53(41-34-48)65(51-36-29-46(30-37-51)44-17-6-3-7-18-44)52-38-31-47(32-39-52)45-19-8-4-9-20-45/h3-43H,1-2H3. The van der Waals surface area contributed by atoms with Gasteiger partial charge in [0.2, 0.25) is 0 Å². The van der Waals surface area contributed by atoms with E-state index < -0.39 is 5.41 Å². The second-order valence-corrected chi connectivity index (χ2v) is 18.0. The van der Waals surface area contributed by atoms with Crippen molar-refractivity contribution in [3.8, 4) is 55.6 Å². The zero-order chi connectivity index (χ0) is 43.5. The average molecular weight is 830 g/mol. The second kappa shape index (κ2) is 15.4. The molecule has 1 spiro atoms. The van der Waals surface area contributed by atoms with Gasteiger partial charge in [0.05, 0.1) is 5.41 Å². The molecule has 1 unspecified atom stereocenters. The number of hydrogen-bond donors (Lipinski definition) is 0. The summed E-state index contributed by atoms with van der Waals surface area (Å²) < 4.78 is 0. The number of anilines is 3. The van der Waals surface area contributed by atoms with Crippen molar-refractivity contribution in [2.45, 2.75) is 24.7 Å². The van der Waals surface area contributed by atoms with E-state index in [1.807, 2.05) is 0 Å². The first-order valence-corrected chi connectivity index (χ1v) is 22.8. The highest BCUT2D eigenvalue weighted by atomic mass is 15.1. The van der Waals surface area contributed by atoms with Crippen molar-refractivity contribution in [1.29, 1.82) is 0 Å². The SMILES string of the molecule is CC1(C)c2ccccc2C2(c3ccccc3-c3c(-c4ccccc4)cccc32)c2ccc(-c3ccc(N(c4ccc(-c5ccccc5)cc4)c4ccc(-c5ccccc5)cc4)cc3)cc21. The van der Waals surface area contributed by atoms with Gasteiger partial charge in [-0.05, 0) is 131 Å². The fourth-order valence-electron chi connectivity index (χ4n) is 11.1. The minimum absolute atomic E-state index is 0.240. The van der Waals surface area contributed by atoms with Crippen molar-refractivity contribution in [2.75, 3.05) is 4.90 Å². The topological polar surface area (TPSA) is 3.24 Å². The van der Waals surface area contributed by atoms with E-state index in [0.717, 1.165) is 17.1 Å². The number of fused-ring (bicyclic) bond motifs is 9. The van der Waals surface area contributed by atoms with Crippen LogP contribution in [0.5, 0.6) is 0 Å². The molecular weight excluding hydrogens is 783 g/mol. The third-order valence-corrected chi connectivity index (χ3v) is 14.2. The van der Waals surface area contributed by atoms with Crippen LogP contribution >= 0.6 is 0 Å². The largest absolute Gasteiger partial charge is 0.311 e. The van der Waals surface area contributed by atoms with Gasteiger partial charge in [-0.3, -0.25) is 0 Å². The van der Waals surface area contributed by atoms with Crippen LogP contribution in [0.4, 0.5) is 17.1 Å². The first kappa shape index (κ1) is 38.7. The Morgan fingerprint density at radius 2 is 0.646 bits per heavy atom. The summed E-state index contributed by atoms with van der Waals surface area (Å²) in [5.41, 5.74) is 23.2. The van der Waals surface area contributed by atoms with E-state index in [0.29, 0.717) is 0 Å². The summed E-state index contributed by atoms with van der Waals surface area (Å²) in [5.74, 6) is 0. The van der Waals surface area contributed by atoms with E-state index in [1.54, 1.807) is 0 Å². The fraction of sp³-hybridized carbons (Fsp3) is 0.0625. The molecule has 0 aliphatic heterocycles. The molecule has 0 heterocycles. The van der Waals surface area contributed by atoms with Crippen LogP contribution in [0.15, 0.2) is 249 Å². The Morgan fingerprint density at radius 1 is 0.262 bits per heavy atom. The second-order valence-electron chi connectivity index (χ2n) is 18.0. The van der Waals surface area contributed by atoms with Gasteiger partial charge in [0.25, 0.3) is 0 Å². The Kier molecular flexibility index (Phi) is 9.14. The van der Waals surface area contributed by atoms with Gasteiger partial charge >= 0.3 is 0 Å². The van der Waals surface area contributed by atoms with Gasteiger partial charge in [-0.15, -0.1) is 0 Å². The normalized spacial score (nSPS) is 15.1. The molecule has 0 bridgehead atoms. The molecule has 0 radical (unpaired) electrons. The summed E-state index contributed by atoms with van der Waals surface area (Å²) >= 11 is 0. The van der Waals surface area contributed by atoms with E-state index in [9.17, 15) is 0 Å². The van der Waals surface area contributed by atoms with Gasteiger partial charge in [0.1, 0.15) is 0 Å². The summed E-state index contributed by atoms with van der Waals surface area (Å²) in [4.78, 5) is 2.36. The van der Waals surface area contributed by atoms with Gasteiger partial charge in [-0.1, -0.05) is 220 Å². The molecule has 2 aliphatic rings. The smallest absolute Gasteiger partial charge is 0.0719 e. The molecule has 12 rings (SSSR count). The summed E-state index contributed by atoms with van der Waals surface area (Å²) in [6, 6.07) is 91.8. The van der Waals surface area contributed by atoms with Crippen LogP contribution in [0.3, 0.4) is 0 Å². The quantitative estimate of drug-likeness (QED) is 0.155. The minimum atomic E-state index is -0.465. The maximum Gasteiger partial charge on any atom is 0.0719 e. The molecule has 308 valence electrons. The summed E-state index contributed by atoms with van der Waals surface area (Å²) in [7, 11) is 0. The molecule has 1 nitrogen and oxygen atoms in total. The number of hydrogen-bond acceptors (Lipinski definition) is 1. The molecular formula is C64H47N. The lowest BCUT2D eigenvalue weighted by Crippen LogP contribution is -2.40. The maximum atomic E-state index is 2.49. The van der Waals surface area contributed by atoms with Crippen LogP contribution in [0, 0.1) is 0 Å². The van der Waals surface area contributed by atoms with E-state index in [4.69, 9.17) is 0 Å². The van der Waals surface area contributed by atoms with Crippen molar-refractivity contribution in [3.05, 3.63) is 282 Å². The van der Waals surface area contributed by atoms with Crippen LogP contribution in [-0.2, 0) is 10.8 Å². The number of nitrogens with zero attached hydrogens (tertiary/aromatic N) is 1. The van der Waals surface area contributed by atoms with Crippen molar-refractivity contribution in [3.63, 3.8) is 0 Å². The highest BCUT2D eigenvalue weighted by Crippen LogP contribution is 2.63. The number of rotatable bonds is 7. The Morgan fingerprint density at radius 3 is 1.20 bits per heavy atom. The lowest BCUT2D eigenvalue weighted by molar-refractivity contribution is 0.563. The molecule has 0 saturated carbocycles. The highest BCUT2D eigenvalue weighted by molar-refractivity contribution is 5.96. The third-order valence-electron chi connectivity index (χ3n) is 14.2. The highest BCUT2D eigenvalue weighted by Gasteiger charge is 2.53. The van der Waals surface area contributed by atoms with Crippen molar-refractivity contribution in [1.82, 2.24) is 0 Å². The zero-order valence-corrected chi connectivity index (χ0v) is 36.6. The van der Waals surface area contributed by atoms with E-state index in [-0.39, 0.29) is 5.41 Å². The van der Waals surface area contributed by atoms with Gasteiger partial charge in [0, 0.05) is 22.5 Å². The Labute approximate surface area is 382 Å². The predicted molar refractivity (Wildman–Crippen MR) is 272 cm³/mol. The lowest BCUT2D eigenvalue weighted by atomic mass is 9.55. The summed E-state index contributed by atoms with van der Waals surface area (Å²) in [6.45, 7) is 4.83. The van der Waals surface area contributed by atoms with Crippen LogP contribution in [0.1, 0.15) is 47.2 Å². The third kappa shape index (κ3) is 6.15. The molecule has 0 aromatic heterocycles. The summed E-state index contributed by atoms with van der Waals surface area (Å²) in [5, 5.41) is 0. The first-order chi connectivity index (χ1) is 32.0. The predicted octanol–water partition coefficient (Wildman–Crippen LogP) is 16.8. The van der Waals surface area contributed by atoms with Crippen LogP contribution < -0.4 is 4.90 Å². The first-order valence-electron chi connectivity index (χ1n) is 22.8. The van der Waals surface area contributed by atoms with E-state index in [2.05, 4.69) is 267 Å². The molecule has 10 aromatic carbocycles. The summed E-state index contributed by atoms with van der Waals surface area (Å²) in [6.07, 6.45) is 0. The molecule has 65 heavy (non-hydrogen) atoms. The molecule has 2 aliphatic carbocycles. The molecule has 0 saturated heterocycles. The maximum absolute atomic E-state index is 2.49. The van der Waals surface area contributed by atoms with Crippen LogP contribution in [0.2, 0.25) is 0 Å². The lowest BCUT2D eigenvalue weighted by Gasteiger charge is -2.47. The van der Waals surface area contributed by atoms with E-state index in [1.165, 1.54) is 89.0 Å². The van der Waals surface area contributed by atoms with Crippen LogP contribution in [0.25, 0.3) is 55.6 Å². The molecule has 1 heteroatoms.